The molecular formula is C14H20ClN3O7. The van der Waals surface area contributed by atoms with Gasteiger partial charge in [-0.15, -0.1) is 0 Å². The Morgan fingerprint density at radius 1 is 1.60 bits per heavy atom. The Morgan fingerprint density at radius 3 is 2.80 bits per heavy atom. The van der Waals surface area contributed by atoms with Gasteiger partial charge in [-0.1, -0.05) is 25.4 Å². The molecule has 11 heteroatoms. The lowest BCUT2D eigenvalue weighted by atomic mass is 10.1. The number of aliphatic hydroxyl groups excluding tert-OH is 2. The molecule has 0 saturated carbocycles. The topological polar surface area (TPSA) is 157 Å². The molecule has 0 radical (unpaired) electrons. The van der Waals surface area contributed by atoms with Crippen LogP contribution in [0.15, 0.2) is 21.9 Å². The number of carbonyl (C=O) groups excluding carboxylic acids is 1. The molecule has 2 rings (SSSR count). The minimum absolute atomic E-state index is 0.368. The van der Waals surface area contributed by atoms with E-state index in [0.29, 0.717) is 4.57 Å². The van der Waals surface area contributed by atoms with Gasteiger partial charge in [0.1, 0.15) is 24.8 Å². The van der Waals surface area contributed by atoms with E-state index in [2.05, 4.69) is 0 Å². The maximum absolute atomic E-state index is 12.0. The maximum Gasteiger partial charge on any atom is 0.330 e. The summed E-state index contributed by atoms with van der Waals surface area (Å²) in [6, 6.07) is -0.213. The van der Waals surface area contributed by atoms with Crippen molar-refractivity contribution in [3.8, 4) is 0 Å². The van der Waals surface area contributed by atoms with Gasteiger partial charge in [-0.25, -0.2) is 4.79 Å². The number of carbonyl (C=O) groups is 1. The average Bonchev–Trinajstić information content (AvgIpc) is 2.79. The van der Waals surface area contributed by atoms with Crippen LogP contribution in [0, 0.1) is 5.92 Å². The Kier molecular flexibility index (Phi) is 4.86. The summed E-state index contributed by atoms with van der Waals surface area (Å²) >= 11 is 6.05. The summed E-state index contributed by atoms with van der Waals surface area (Å²) in [5.41, 5.74) is 3.91. The lowest BCUT2D eigenvalue weighted by molar-refractivity contribution is -0.156. The molecule has 10 nitrogen and oxygen atoms in total. The van der Waals surface area contributed by atoms with Crippen LogP contribution in [0.1, 0.15) is 22.8 Å². The van der Waals surface area contributed by atoms with Crippen LogP contribution in [0.4, 0.5) is 0 Å². The van der Waals surface area contributed by atoms with Crippen molar-refractivity contribution in [3.63, 3.8) is 0 Å². The zero-order valence-electron chi connectivity index (χ0n) is 15.4. The van der Waals surface area contributed by atoms with Crippen LogP contribution in [-0.2, 0) is 14.3 Å². The molecule has 1 aliphatic heterocycles. The van der Waals surface area contributed by atoms with Gasteiger partial charge >= 0.3 is 11.7 Å². The van der Waals surface area contributed by atoms with E-state index in [4.69, 9.17) is 29.5 Å². The van der Waals surface area contributed by atoms with Crippen molar-refractivity contribution < 1.29 is 27.2 Å². The number of hydrogen-bond acceptors (Lipinski definition) is 8. The second-order valence-corrected chi connectivity index (χ2v) is 6.46. The summed E-state index contributed by atoms with van der Waals surface area (Å²) in [6.07, 6.45) is -4.66. The molecule has 0 bridgehead atoms. The number of nitrogens with two attached hydrogens (primary N) is 1. The number of nitrogens with zero attached hydrogens (tertiary/aromatic N) is 1. The molecule has 1 aromatic rings. The predicted molar refractivity (Wildman–Crippen MR) is 85.8 cm³/mol. The van der Waals surface area contributed by atoms with Crippen LogP contribution in [0.5, 0.6) is 0 Å². The first kappa shape index (κ1) is 16.7. The van der Waals surface area contributed by atoms with Crippen molar-refractivity contribution in [1.82, 2.24) is 9.55 Å². The van der Waals surface area contributed by atoms with Crippen molar-refractivity contribution in [1.29, 1.82) is 0 Å². The number of H-pyrrole nitrogens is 1. The van der Waals surface area contributed by atoms with Crippen LogP contribution in [-0.4, -0.2) is 55.6 Å². The molecule has 1 saturated heterocycles. The van der Waals surface area contributed by atoms with Gasteiger partial charge in [-0.2, -0.15) is 0 Å². The molecule has 0 aromatic carbocycles. The van der Waals surface area contributed by atoms with Crippen LogP contribution in [0.25, 0.3) is 0 Å². The van der Waals surface area contributed by atoms with Crippen LogP contribution >= 0.6 is 11.6 Å². The van der Waals surface area contributed by atoms with Gasteiger partial charge in [0.2, 0.25) is 5.06 Å². The quantitative estimate of drug-likeness (QED) is 0.346. The summed E-state index contributed by atoms with van der Waals surface area (Å²) in [5, 5.41) is 17.7. The molecule has 0 unspecified atom stereocenters. The van der Waals surface area contributed by atoms with Crippen molar-refractivity contribution in [2.75, 3.05) is 6.56 Å². The number of esters is 1. The summed E-state index contributed by atoms with van der Waals surface area (Å²) in [6.45, 7) is 0.0988. The third-order valence-corrected chi connectivity index (χ3v) is 4.08. The first-order chi connectivity index (χ1) is 12.3. The fourth-order valence-corrected chi connectivity index (χ4v) is 2.34. The first-order valence-corrected chi connectivity index (χ1v) is 7.72. The number of halogens is 1. The van der Waals surface area contributed by atoms with Crippen LogP contribution < -0.4 is 17.0 Å². The summed E-state index contributed by atoms with van der Waals surface area (Å²) in [5.74, 6) is -1.50. The molecule has 1 aliphatic rings. The normalized spacial score (nSPS) is 32.2. The highest BCUT2D eigenvalue weighted by Gasteiger charge is 2.55. The van der Waals surface area contributed by atoms with Gasteiger partial charge < -0.3 is 25.4 Å². The molecule has 5 atom stereocenters. The number of aromatic nitrogens is 2. The van der Waals surface area contributed by atoms with E-state index in [1.165, 1.54) is 0 Å². The monoisotopic (exact) mass is 379 g/mol. The number of hydrogen-bond donors (Lipinski definition) is 4. The van der Waals surface area contributed by atoms with E-state index in [-0.39, 0.29) is 5.92 Å². The lowest BCUT2D eigenvalue weighted by Crippen LogP contribution is -2.45. The number of aromatic amines is 1. The standard InChI is InChI=1S/C14H20ClN3O7/c1-6(2)8(16)12(22)24-5-14(15)10(21)9(20)11(25-14)18-4-3-7(19)17-13(18)23/h3-4,6,8-11,20-21H,5,16H2,1-2H3,(H,17,19,23)/t8-,9+,10-,11+,14+/m0/s1/i5D2. The highest BCUT2D eigenvalue weighted by atomic mass is 35.5. The summed E-state index contributed by atoms with van der Waals surface area (Å²) in [7, 11) is 0. The largest absolute Gasteiger partial charge is 0.460 e. The Hall–Kier alpha value is -1.72. The highest BCUT2D eigenvalue weighted by Crippen LogP contribution is 2.39. The number of alkyl halides is 1. The van der Waals surface area contributed by atoms with Gasteiger partial charge in [-0.05, 0) is 5.92 Å². The number of rotatable bonds is 5. The number of aliphatic hydroxyl groups is 2. The zero-order valence-corrected chi connectivity index (χ0v) is 14.1. The van der Waals surface area contributed by atoms with Crippen molar-refractivity contribution in [3.05, 3.63) is 33.1 Å². The molecule has 25 heavy (non-hydrogen) atoms. The van der Waals surface area contributed by atoms with Gasteiger partial charge in [-0.3, -0.25) is 19.1 Å². The van der Waals surface area contributed by atoms with Gasteiger partial charge in [0.25, 0.3) is 5.56 Å². The summed E-state index contributed by atoms with van der Waals surface area (Å²) in [4.78, 5) is 36.9. The fourth-order valence-electron chi connectivity index (χ4n) is 2.08. The van der Waals surface area contributed by atoms with E-state index in [9.17, 15) is 24.6 Å². The molecule has 140 valence electrons. The highest BCUT2D eigenvalue weighted by molar-refractivity contribution is 6.23. The van der Waals surface area contributed by atoms with E-state index < -0.39 is 53.3 Å². The van der Waals surface area contributed by atoms with Crippen molar-refractivity contribution in [2.24, 2.45) is 11.7 Å². The van der Waals surface area contributed by atoms with Gasteiger partial charge in [0.05, 0.1) is 2.74 Å². The minimum Gasteiger partial charge on any atom is -0.460 e. The molecule has 1 fully saturated rings. The summed E-state index contributed by atoms with van der Waals surface area (Å²) < 4.78 is 26.5. The Balaban J connectivity index is 2.34. The molecule has 2 heterocycles. The smallest absolute Gasteiger partial charge is 0.330 e. The lowest BCUT2D eigenvalue weighted by Gasteiger charge is -2.25. The van der Waals surface area contributed by atoms with E-state index in [0.717, 1.165) is 12.3 Å². The van der Waals surface area contributed by atoms with E-state index in [1.54, 1.807) is 13.8 Å². The molecule has 1 aromatic heterocycles. The zero-order chi connectivity index (χ0) is 20.7. The molecule has 0 aliphatic carbocycles. The minimum atomic E-state index is -3.13. The number of nitrogens with one attached hydrogen (secondary N) is 1. The second kappa shape index (κ2) is 7.26. The number of ether oxygens (including phenoxy) is 2. The van der Waals surface area contributed by atoms with Crippen molar-refractivity contribution in [2.45, 2.75) is 43.4 Å². The SMILES string of the molecule is [2H]C([2H])(OC(=O)[C@@H](N)C(C)C)[C@@]1(Cl)O[C@@H](n2ccc(=O)[nH]c2=O)[C@H](O)[C@@H]1O. The van der Waals surface area contributed by atoms with Crippen LogP contribution in [0.2, 0.25) is 0 Å². The van der Waals surface area contributed by atoms with Crippen molar-refractivity contribution >= 4 is 17.6 Å². The molecule has 5 N–H and O–H groups in total. The molecular weight excluding hydrogens is 358 g/mol. The Labute approximate surface area is 149 Å². The predicted octanol–water partition coefficient (Wildman–Crippen LogP) is -1.75. The first-order valence-electron chi connectivity index (χ1n) is 8.34. The second-order valence-electron chi connectivity index (χ2n) is 5.90. The Bertz CT molecular complexity index is 829. The Morgan fingerprint density at radius 2 is 2.24 bits per heavy atom. The maximum atomic E-state index is 12.0. The molecule has 0 spiro atoms. The average molecular weight is 380 g/mol. The van der Waals surface area contributed by atoms with E-state index >= 15 is 0 Å². The molecule has 0 amide bonds. The fraction of sp³-hybridized carbons (Fsp3) is 0.643. The van der Waals surface area contributed by atoms with Crippen LogP contribution in [0.3, 0.4) is 0 Å². The van der Waals surface area contributed by atoms with Gasteiger partial charge in [0.15, 0.2) is 6.23 Å². The third-order valence-electron chi connectivity index (χ3n) is 3.69. The third kappa shape index (κ3) is 3.93. The van der Waals surface area contributed by atoms with E-state index in [1.807, 2.05) is 4.98 Å². The van der Waals surface area contributed by atoms with Gasteiger partial charge in [0, 0.05) is 12.3 Å².